The monoisotopic (exact) mass is 227 g/mol. The largest absolute Gasteiger partial charge is 0.482 e. The summed E-state index contributed by atoms with van der Waals surface area (Å²) in [5.41, 5.74) is 8.03. The highest BCUT2D eigenvalue weighted by molar-refractivity contribution is 5.73. The lowest BCUT2D eigenvalue weighted by atomic mass is 9.91. The first kappa shape index (κ1) is 10.1. The molecule has 0 saturated heterocycles. The molecule has 1 aliphatic rings. The Balaban J connectivity index is 2.34. The molecule has 1 aliphatic heterocycles. The highest BCUT2D eigenvalue weighted by atomic mass is 16.5. The van der Waals surface area contributed by atoms with Gasteiger partial charge in [-0.2, -0.15) is 0 Å². The van der Waals surface area contributed by atoms with Crippen molar-refractivity contribution in [1.82, 2.24) is 9.97 Å². The van der Waals surface area contributed by atoms with E-state index in [1.807, 2.05) is 38.1 Å². The Morgan fingerprint density at radius 1 is 1.24 bits per heavy atom. The molecule has 17 heavy (non-hydrogen) atoms. The van der Waals surface area contributed by atoms with Crippen LogP contribution >= 0.6 is 0 Å². The van der Waals surface area contributed by atoms with Crippen LogP contribution in [0.2, 0.25) is 0 Å². The summed E-state index contributed by atoms with van der Waals surface area (Å²) in [5.74, 6) is 1.12. The molecular weight excluding hydrogens is 214 g/mol. The Hall–Kier alpha value is -2.10. The SMILES string of the molecule is CC1(C)Oc2ccccc2-c2nc(N)ncc21. The van der Waals surface area contributed by atoms with E-state index in [4.69, 9.17) is 10.5 Å². The van der Waals surface area contributed by atoms with Crippen LogP contribution in [-0.4, -0.2) is 9.97 Å². The lowest BCUT2D eigenvalue weighted by Crippen LogP contribution is -2.30. The average Bonchev–Trinajstić information content (AvgIpc) is 2.28. The van der Waals surface area contributed by atoms with E-state index >= 15 is 0 Å². The molecule has 0 unspecified atom stereocenters. The Kier molecular flexibility index (Phi) is 1.90. The topological polar surface area (TPSA) is 61.0 Å². The molecule has 0 radical (unpaired) electrons. The van der Waals surface area contributed by atoms with Crippen molar-refractivity contribution in [3.05, 3.63) is 36.0 Å². The smallest absolute Gasteiger partial charge is 0.220 e. The van der Waals surface area contributed by atoms with Gasteiger partial charge in [0.1, 0.15) is 11.4 Å². The number of nitrogen functional groups attached to an aromatic ring is 1. The molecule has 4 heteroatoms. The Morgan fingerprint density at radius 2 is 2.00 bits per heavy atom. The number of fused-ring (bicyclic) bond motifs is 3. The van der Waals surface area contributed by atoms with Crippen LogP contribution in [0, 0.1) is 0 Å². The third-order valence-corrected chi connectivity index (χ3v) is 2.96. The second-order valence-electron chi connectivity index (χ2n) is 4.60. The second kappa shape index (κ2) is 3.20. The minimum Gasteiger partial charge on any atom is -0.482 e. The maximum atomic E-state index is 5.96. The number of ether oxygens (including phenoxy) is 1. The first-order valence-electron chi connectivity index (χ1n) is 5.49. The fourth-order valence-electron chi connectivity index (χ4n) is 2.12. The van der Waals surface area contributed by atoms with Crippen LogP contribution in [0.15, 0.2) is 30.5 Å². The lowest BCUT2D eigenvalue weighted by molar-refractivity contribution is 0.105. The number of rotatable bonds is 0. The minimum atomic E-state index is -0.433. The molecule has 0 amide bonds. The summed E-state index contributed by atoms with van der Waals surface area (Å²) < 4.78 is 5.96. The van der Waals surface area contributed by atoms with Gasteiger partial charge in [0, 0.05) is 17.3 Å². The number of nitrogens with two attached hydrogens (primary N) is 1. The number of anilines is 1. The second-order valence-corrected chi connectivity index (χ2v) is 4.60. The van der Waals surface area contributed by atoms with Crippen LogP contribution in [0.3, 0.4) is 0 Å². The van der Waals surface area contributed by atoms with E-state index in [-0.39, 0.29) is 5.95 Å². The third kappa shape index (κ3) is 1.45. The number of nitrogens with zero attached hydrogens (tertiary/aromatic N) is 2. The number of hydrogen-bond donors (Lipinski definition) is 1. The summed E-state index contributed by atoms with van der Waals surface area (Å²) in [4.78, 5) is 8.39. The van der Waals surface area contributed by atoms with Crippen molar-refractivity contribution in [3.8, 4) is 17.0 Å². The number of hydrogen-bond acceptors (Lipinski definition) is 4. The third-order valence-electron chi connectivity index (χ3n) is 2.96. The summed E-state index contributed by atoms with van der Waals surface area (Å²) in [7, 11) is 0. The first-order valence-corrected chi connectivity index (χ1v) is 5.49. The van der Waals surface area contributed by atoms with Gasteiger partial charge in [-0.3, -0.25) is 0 Å². The maximum absolute atomic E-state index is 5.96. The van der Waals surface area contributed by atoms with Gasteiger partial charge in [0.2, 0.25) is 5.95 Å². The van der Waals surface area contributed by atoms with E-state index in [1.54, 1.807) is 6.20 Å². The van der Waals surface area contributed by atoms with Gasteiger partial charge in [-0.1, -0.05) is 12.1 Å². The van der Waals surface area contributed by atoms with Crippen LogP contribution < -0.4 is 10.5 Å². The van der Waals surface area contributed by atoms with Gasteiger partial charge in [0.25, 0.3) is 0 Å². The predicted molar refractivity (Wildman–Crippen MR) is 65.5 cm³/mol. The van der Waals surface area contributed by atoms with Crippen LogP contribution in [0.4, 0.5) is 5.95 Å². The molecular formula is C13H13N3O. The highest BCUT2D eigenvalue weighted by Crippen LogP contribution is 2.43. The van der Waals surface area contributed by atoms with Crippen LogP contribution in [0.1, 0.15) is 19.4 Å². The number of aromatic nitrogens is 2. The average molecular weight is 227 g/mol. The van der Waals surface area contributed by atoms with Crippen molar-refractivity contribution >= 4 is 5.95 Å². The van der Waals surface area contributed by atoms with E-state index < -0.39 is 5.60 Å². The van der Waals surface area contributed by atoms with Gasteiger partial charge in [0.05, 0.1) is 5.69 Å². The Morgan fingerprint density at radius 3 is 2.82 bits per heavy atom. The molecule has 1 aromatic carbocycles. The molecule has 0 saturated carbocycles. The standard InChI is InChI=1S/C13H13N3O/c1-13(2)9-7-15-12(14)16-11(9)8-5-3-4-6-10(8)17-13/h3-7H,1-2H3,(H2,14,15,16). The molecule has 0 spiro atoms. The molecule has 86 valence electrons. The van der Waals surface area contributed by atoms with Crippen LogP contribution in [0.25, 0.3) is 11.3 Å². The summed E-state index contributed by atoms with van der Waals surface area (Å²) in [5, 5.41) is 0. The minimum absolute atomic E-state index is 0.288. The van der Waals surface area contributed by atoms with E-state index in [1.165, 1.54) is 0 Å². The Labute approximate surface area is 99.5 Å². The van der Waals surface area contributed by atoms with Crippen molar-refractivity contribution < 1.29 is 4.74 Å². The van der Waals surface area contributed by atoms with E-state index in [0.717, 1.165) is 22.6 Å². The van der Waals surface area contributed by atoms with Crippen LogP contribution in [-0.2, 0) is 5.60 Å². The first-order chi connectivity index (χ1) is 8.08. The fourth-order valence-corrected chi connectivity index (χ4v) is 2.12. The molecule has 4 nitrogen and oxygen atoms in total. The molecule has 3 rings (SSSR count). The van der Waals surface area contributed by atoms with Crippen molar-refractivity contribution in [2.45, 2.75) is 19.4 Å². The quantitative estimate of drug-likeness (QED) is 0.750. The fraction of sp³-hybridized carbons (Fsp3) is 0.231. The Bertz CT molecular complexity index is 593. The molecule has 2 aromatic rings. The molecule has 0 bridgehead atoms. The predicted octanol–water partition coefficient (Wildman–Crippen LogP) is 2.35. The van der Waals surface area contributed by atoms with Gasteiger partial charge >= 0.3 is 0 Å². The normalized spacial score (nSPS) is 15.6. The van der Waals surface area contributed by atoms with Gasteiger partial charge in [-0.15, -0.1) is 0 Å². The summed E-state index contributed by atoms with van der Waals surface area (Å²) >= 11 is 0. The molecule has 0 aliphatic carbocycles. The summed E-state index contributed by atoms with van der Waals surface area (Å²) in [6.07, 6.45) is 1.74. The van der Waals surface area contributed by atoms with Crippen molar-refractivity contribution in [2.75, 3.05) is 5.73 Å². The zero-order valence-electron chi connectivity index (χ0n) is 9.77. The maximum Gasteiger partial charge on any atom is 0.220 e. The van der Waals surface area contributed by atoms with Crippen LogP contribution in [0.5, 0.6) is 5.75 Å². The van der Waals surface area contributed by atoms with Crippen molar-refractivity contribution in [3.63, 3.8) is 0 Å². The van der Waals surface area contributed by atoms with Gasteiger partial charge < -0.3 is 10.5 Å². The van der Waals surface area contributed by atoms with E-state index in [9.17, 15) is 0 Å². The van der Waals surface area contributed by atoms with Gasteiger partial charge in [0.15, 0.2) is 0 Å². The molecule has 1 aromatic heterocycles. The van der Waals surface area contributed by atoms with E-state index in [2.05, 4.69) is 9.97 Å². The zero-order chi connectivity index (χ0) is 12.0. The van der Waals surface area contributed by atoms with E-state index in [0.29, 0.717) is 0 Å². The highest BCUT2D eigenvalue weighted by Gasteiger charge is 2.33. The zero-order valence-corrected chi connectivity index (χ0v) is 9.77. The number of benzene rings is 1. The van der Waals surface area contributed by atoms with Crippen molar-refractivity contribution in [2.24, 2.45) is 0 Å². The molecule has 2 heterocycles. The van der Waals surface area contributed by atoms with Crippen molar-refractivity contribution in [1.29, 1.82) is 0 Å². The summed E-state index contributed by atoms with van der Waals surface area (Å²) in [6, 6.07) is 7.83. The molecule has 0 atom stereocenters. The van der Waals surface area contributed by atoms with Gasteiger partial charge in [-0.25, -0.2) is 9.97 Å². The molecule has 2 N–H and O–H groups in total. The lowest BCUT2D eigenvalue weighted by Gasteiger charge is -2.33. The summed E-state index contributed by atoms with van der Waals surface area (Å²) in [6.45, 7) is 4.00. The molecule has 0 fully saturated rings. The van der Waals surface area contributed by atoms with Gasteiger partial charge in [-0.05, 0) is 26.0 Å². The number of para-hydroxylation sites is 1.